The van der Waals surface area contributed by atoms with E-state index in [-0.39, 0.29) is 0 Å². The summed E-state index contributed by atoms with van der Waals surface area (Å²) in [5, 5.41) is 0. The van der Waals surface area contributed by atoms with E-state index in [1.165, 1.54) is 6.21 Å². The molecule has 2 nitrogen and oxygen atoms in total. The van der Waals surface area contributed by atoms with Crippen molar-refractivity contribution in [2.45, 2.75) is 0 Å². The summed E-state index contributed by atoms with van der Waals surface area (Å²) in [5.74, 6) is 1.86. The topological polar surface area (TPSA) is 29.4 Å². The molecule has 0 N–H and O–H groups in total. The van der Waals surface area contributed by atoms with E-state index in [1.807, 2.05) is 36.3 Å². The van der Waals surface area contributed by atoms with Crippen LogP contribution in [0.3, 0.4) is 0 Å². The molecule has 1 aromatic rings. The third-order valence-corrected chi connectivity index (χ3v) is 1.65. The van der Waals surface area contributed by atoms with Crippen LogP contribution in [-0.2, 0) is 4.79 Å². The normalized spacial score (nSPS) is 9.71. The summed E-state index contributed by atoms with van der Waals surface area (Å²) < 4.78 is 0. The molecule has 0 amide bonds. The first-order valence-electron chi connectivity index (χ1n) is 4.29. The third kappa shape index (κ3) is 2.85. The molecule has 14 heavy (non-hydrogen) atoms. The molecule has 0 bridgehead atoms. The van der Waals surface area contributed by atoms with E-state index in [1.54, 1.807) is 6.08 Å². The van der Waals surface area contributed by atoms with Crippen LogP contribution >= 0.6 is 0 Å². The van der Waals surface area contributed by atoms with E-state index < -0.39 is 0 Å². The van der Waals surface area contributed by atoms with E-state index in [0.717, 1.165) is 5.56 Å². The smallest absolute Gasteiger partial charge is 0.134 e. The van der Waals surface area contributed by atoms with Crippen LogP contribution in [0.1, 0.15) is 5.56 Å². The summed E-state index contributed by atoms with van der Waals surface area (Å²) in [5.41, 5.74) is 1.29. The lowest BCUT2D eigenvalue weighted by Crippen LogP contribution is -1.87. The van der Waals surface area contributed by atoms with Crippen LogP contribution in [0, 0.1) is 0 Å². The Morgan fingerprint density at radius 2 is 2.14 bits per heavy atom. The zero-order valence-electron chi connectivity index (χ0n) is 7.81. The first kappa shape index (κ1) is 10.2. The molecule has 0 heterocycles. The Labute approximate surface area is 83.3 Å². The minimum absolute atomic E-state index is 0.465. The summed E-state index contributed by atoms with van der Waals surface area (Å²) in [7, 11) is 0. The van der Waals surface area contributed by atoms with Crippen LogP contribution in [0.2, 0.25) is 0 Å². The van der Waals surface area contributed by atoms with Gasteiger partial charge in [-0.05, 0) is 5.56 Å². The van der Waals surface area contributed by atoms with Crippen molar-refractivity contribution in [3.63, 3.8) is 0 Å². The minimum atomic E-state index is 0.465. The van der Waals surface area contributed by atoms with E-state index in [4.69, 9.17) is 0 Å². The quantitative estimate of drug-likeness (QED) is 0.401. The first-order chi connectivity index (χ1) is 6.88. The van der Waals surface area contributed by atoms with Crippen LogP contribution in [0.5, 0.6) is 0 Å². The van der Waals surface area contributed by atoms with Gasteiger partial charge in [-0.1, -0.05) is 36.4 Å². The van der Waals surface area contributed by atoms with Crippen molar-refractivity contribution in [1.82, 2.24) is 0 Å². The van der Waals surface area contributed by atoms with Crippen LogP contribution in [0.4, 0.5) is 0 Å². The van der Waals surface area contributed by atoms with Crippen molar-refractivity contribution in [3.05, 3.63) is 48.6 Å². The highest BCUT2D eigenvalue weighted by Gasteiger charge is 1.96. The lowest BCUT2D eigenvalue weighted by atomic mass is 10.1. The highest BCUT2D eigenvalue weighted by atomic mass is 16.1. The van der Waals surface area contributed by atoms with Crippen LogP contribution in [-0.4, -0.2) is 18.7 Å². The van der Waals surface area contributed by atoms with Gasteiger partial charge in [0.15, 0.2) is 0 Å². The van der Waals surface area contributed by atoms with Gasteiger partial charge in [0.1, 0.15) is 5.94 Å². The van der Waals surface area contributed by atoms with Gasteiger partial charge in [-0.25, -0.2) is 4.79 Å². The lowest BCUT2D eigenvalue weighted by Gasteiger charge is -1.95. The SMILES string of the molecule is C=CCN=CC(=C=O)c1ccccc1. The van der Waals surface area contributed by atoms with Gasteiger partial charge in [-0.15, -0.1) is 6.58 Å². The van der Waals surface area contributed by atoms with Crippen molar-refractivity contribution in [2.24, 2.45) is 4.99 Å². The number of benzene rings is 1. The molecule has 0 aliphatic carbocycles. The fourth-order valence-electron chi connectivity index (χ4n) is 0.996. The summed E-state index contributed by atoms with van der Waals surface area (Å²) in [4.78, 5) is 14.6. The van der Waals surface area contributed by atoms with Gasteiger partial charge >= 0.3 is 0 Å². The maximum absolute atomic E-state index is 10.6. The largest absolute Gasteiger partial charge is 0.288 e. The Morgan fingerprint density at radius 3 is 2.71 bits per heavy atom. The molecular formula is C12H11NO. The molecule has 70 valence electrons. The van der Waals surface area contributed by atoms with Crippen molar-refractivity contribution >= 4 is 17.7 Å². The predicted octanol–water partition coefficient (Wildman–Crippen LogP) is 2.16. The molecule has 0 aliphatic rings. The van der Waals surface area contributed by atoms with E-state index in [9.17, 15) is 4.79 Å². The molecule has 0 unspecified atom stereocenters. The number of hydrogen-bond acceptors (Lipinski definition) is 2. The fraction of sp³-hybridized carbons (Fsp3) is 0.0833. The lowest BCUT2D eigenvalue weighted by molar-refractivity contribution is 0.570. The molecule has 0 radical (unpaired) electrons. The van der Waals surface area contributed by atoms with E-state index >= 15 is 0 Å². The standard InChI is InChI=1S/C12H11NO/c1-2-8-13-9-12(10-14)11-6-4-3-5-7-11/h2-7,9H,1,8H2. The monoisotopic (exact) mass is 185 g/mol. The maximum Gasteiger partial charge on any atom is 0.134 e. The van der Waals surface area contributed by atoms with Gasteiger partial charge < -0.3 is 0 Å². The average molecular weight is 185 g/mol. The van der Waals surface area contributed by atoms with Crippen molar-refractivity contribution < 1.29 is 4.79 Å². The Balaban J connectivity index is 2.85. The Hall–Kier alpha value is -1.92. The van der Waals surface area contributed by atoms with Gasteiger partial charge in [0, 0.05) is 6.21 Å². The number of allylic oxidation sites excluding steroid dienone is 1. The van der Waals surface area contributed by atoms with Crippen LogP contribution < -0.4 is 0 Å². The third-order valence-electron chi connectivity index (χ3n) is 1.65. The second kappa shape index (κ2) is 5.68. The molecule has 0 fully saturated rings. The zero-order valence-corrected chi connectivity index (χ0v) is 7.81. The molecule has 1 rings (SSSR count). The molecular weight excluding hydrogens is 174 g/mol. The minimum Gasteiger partial charge on any atom is -0.288 e. The number of carbonyl (C=O) groups excluding carboxylic acids is 1. The van der Waals surface area contributed by atoms with E-state index in [2.05, 4.69) is 11.6 Å². The highest BCUT2D eigenvalue weighted by Crippen LogP contribution is 2.07. The Kier molecular flexibility index (Phi) is 4.12. The number of nitrogens with zero attached hydrogens (tertiary/aromatic N) is 1. The molecule has 0 spiro atoms. The molecule has 2 heteroatoms. The highest BCUT2D eigenvalue weighted by molar-refractivity contribution is 6.19. The zero-order chi connectivity index (χ0) is 10.2. The number of rotatable bonds is 4. The molecule has 0 atom stereocenters. The van der Waals surface area contributed by atoms with Crippen LogP contribution in [0.25, 0.3) is 5.57 Å². The van der Waals surface area contributed by atoms with Gasteiger partial charge in [-0.3, -0.25) is 4.99 Å². The summed E-state index contributed by atoms with van der Waals surface area (Å²) in [6.45, 7) is 4.05. The molecule has 1 aromatic carbocycles. The van der Waals surface area contributed by atoms with Gasteiger partial charge in [-0.2, -0.15) is 0 Å². The molecule has 0 aliphatic heterocycles. The second-order valence-corrected chi connectivity index (χ2v) is 2.66. The van der Waals surface area contributed by atoms with Gasteiger partial charge in [0.2, 0.25) is 0 Å². The summed E-state index contributed by atoms with van der Waals surface area (Å²) in [6.07, 6.45) is 3.19. The second-order valence-electron chi connectivity index (χ2n) is 2.66. The van der Waals surface area contributed by atoms with Gasteiger partial charge in [0.05, 0.1) is 12.1 Å². The number of hydrogen-bond donors (Lipinski definition) is 0. The molecule has 0 aromatic heterocycles. The van der Waals surface area contributed by atoms with E-state index in [0.29, 0.717) is 12.1 Å². The van der Waals surface area contributed by atoms with Crippen molar-refractivity contribution in [2.75, 3.05) is 6.54 Å². The fourth-order valence-corrected chi connectivity index (χ4v) is 0.996. The predicted molar refractivity (Wildman–Crippen MR) is 59.1 cm³/mol. The number of aliphatic imine (C=N–C) groups is 1. The Bertz CT molecular complexity index is 373. The van der Waals surface area contributed by atoms with Crippen molar-refractivity contribution in [3.8, 4) is 0 Å². The molecule has 0 saturated carbocycles. The molecule has 0 saturated heterocycles. The summed E-state index contributed by atoms with van der Waals surface area (Å²) in [6, 6.07) is 9.33. The van der Waals surface area contributed by atoms with Crippen LogP contribution in [0.15, 0.2) is 48.0 Å². The van der Waals surface area contributed by atoms with Crippen molar-refractivity contribution in [1.29, 1.82) is 0 Å². The average Bonchev–Trinajstić information content (AvgIpc) is 2.26. The first-order valence-corrected chi connectivity index (χ1v) is 4.29. The maximum atomic E-state index is 10.6. The van der Waals surface area contributed by atoms with Gasteiger partial charge in [0.25, 0.3) is 0 Å². The summed E-state index contributed by atoms with van der Waals surface area (Å²) >= 11 is 0. The Morgan fingerprint density at radius 1 is 1.43 bits per heavy atom.